The van der Waals surface area contributed by atoms with Crippen LogP contribution in [0.2, 0.25) is 0 Å². The van der Waals surface area contributed by atoms with Gasteiger partial charge in [-0.3, -0.25) is 4.79 Å². The SMILES string of the molecule is O=C(C1CNCC12CCCc1nc(N3CCCC3)sc12)N1CCC(c2ccccc2)CC1c1ccccc1. The first kappa shape index (κ1) is 24.3. The molecule has 1 N–H and O–H groups in total. The second-order valence-corrected chi connectivity index (χ2v) is 12.7. The molecule has 2 aromatic carbocycles. The number of nitrogens with zero attached hydrogens (tertiary/aromatic N) is 3. The lowest BCUT2D eigenvalue weighted by Gasteiger charge is -2.44. The molecule has 0 saturated carbocycles. The highest BCUT2D eigenvalue weighted by molar-refractivity contribution is 7.16. The summed E-state index contributed by atoms with van der Waals surface area (Å²) in [5.41, 5.74) is 3.82. The highest BCUT2D eigenvalue weighted by atomic mass is 32.1. The molecule has 7 rings (SSSR count). The van der Waals surface area contributed by atoms with E-state index in [4.69, 9.17) is 4.98 Å². The van der Waals surface area contributed by atoms with Gasteiger partial charge in [-0.15, -0.1) is 11.3 Å². The highest BCUT2D eigenvalue weighted by Gasteiger charge is 2.53. The average molecular weight is 527 g/mol. The molecule has 4 heterocycles. The summed E-state index contributed by atoms with van der Waals surface area (Å²) in [4.78, 5) is 25.9. The number of hydrogen-bond donors (Lipinski definition) is 1. The quantitative estimate of drug-likeness (QED) is 0.475. The average Bonchev–Trinajstić information content (AvgIpc) is 3.74. The first-order chi connectivity index (χ1) is 18.7. The van der Waals surface area contributed by atoms with Gasteiger partial charge in [-0.05, 0) is 62.0 Å². The van der Waals surface area contributed by atoms with Crippen LogP contribution >= 0.6 is 11.3 Å². The number of anilines is 1. The van der Waals surface area contributed by atoms with Crippen molar-refractivity contribution in [2.24, 2.45) is 5.92 Å². The number of nitrogens with one attached hydrogen (secondary N) is 1. The van der Waals surface area contributed by atoms with Gasteiger partial charge in [0.1, 0.15) is 0 Å². The molecule has 0 bridgehead atoms. The summed E-state index contributed by atoms with van der Waals surface area (Å²) >= 11 is 1.90. The van der Waals surface area contributed by atoms with Gasteiger partial charge in [0.25, 0.3) is 0 Å². The molecule has 38 heavy (non-hydrogen) atoms. The van der Waals surface area contributed by atoms with Crippen LogP contribution in [0.3, 0.4) is 0 Å². The van der Waals surface area contributed by atoms with Crippen LogP contribution in [0.1, 0.15) is 72.2 Å². The maximum atomic E-state index is 14.6. The van der Waals surface area contributed by atoms with E-state index in [2.05, 4.69) is 75.8 Å². The number of likely N-dealkylation sites (tertiary alicyclic amines) is 1. The van der Waals surface area contributed by atoms with Crippen LogP contribution in [0.15, 0.2) is 60.7 Å². The number of hydrogen-bond acceptors (Lipinski definition) is 5. The molecule has 3 saturated heterocycles. The molecule has 1 aromatic heterocycles. The summed E-state index contributed by atoms with van der Waals surface area (Å²) in [6.07, 6.45) is 7.80. The smallest absolute Gasteiger partial charge is 0.228 e. The highest BCUT2D eigenvalue weighted by Crippen LogP contribution is 2.51. The second-order valence-electron chi connectivity index (χ2n) is 11.7. The molecule has 4 aliphatic rings. The third-order valence-electron chi connectivity index (χ3n) is 9.65. The lowest BCUT2D eigenvalue weighted by molar-refractivity contribution is -0.141. The number of benzene rings is 2. The van der Waals surface area contributed by atoms with Crippen molar-refractivity contribution >= 4 is 22.4 Å². The molecule has 1 aliphatic carbocycles. The van der Waals surface area contributed by atoms with Crippen molar-refractivity contribution in [3.63, 3.8) is 0 Å². The molecule has 6 heteroatoms. The minimum atomic E-state index is -0.113. The van der Waals surface area contributed by atoms with Gasteiger partial charge in [0, 0.05) is 43.0 Å². The Morgan fingerprint density at radius 2 is 1.68 bits per heavy atom. The number of aryl methyl sites for hydroxylation is 1. The van der Waals surface area contributed by atoms with Gasteiger partial charge < -0.3 is 15.1 Å². The minimum absolute atomic E-state index is 0.0204. The largest absolute Gasteiger partial charge is 0.348 e. The maximum Gasteiger partial charge on any atom is 0.228 e. The molecular formula is C32H38N4OS. The third kappa shape index (κ3) is 4.17. The van der Waals surface area contributed by atoms with Crippen molar-refractivity contribution in [2.75, 3.05) is 37.6 Å². The van der Waals surface area contributed by atoms with Crippen LogP contribution in [0.5, 0.6) is 0 Å². The van der Waals surface area contributed by atoms with Gasteiger partial charge in [-0.1, -0.05) is 60.7 Å². The summed E-state index contributed by atoms with van der Waals surface area (Å²) < 4.78 is 0. The van der Waals surface area contributed by atoms with E-state index in [9.17, 15) is 4.79 Å². The second kappa shape index (κ2) is 10.1. The van der Waals surface area contributed by atoms with E-state index in [-0.39, 0.29) is 17.4 Å². The first-order valence-electron chi connectivity index (χ1n) is 14.6. The summed E-state index contributed by atoms with van der Waals surface area (Å²) in [7, 11) is 0. The van der Waals surface area contributed by atoms with Crippen LogP contribution in [0, 0.1) is 5.92 Å². The monoisotopic (exact) mass is 526 g/mol. The van der Waals surface area contributed by atoms with E-state index in [0.29, 0.717) is 11.8 Å². The van der Waals surface area contributed by atoms with E-state index in [1.54, 1.807) is 0 Å². The minimum Gasteiger partial charge on any atom is -0.348 e. The van der Waals surface area contributed by atoms with E-state index in [0.717, 1.165) is 64.8 Å². The van der Waals surface area contributed by atoms with Gasteiger partial charge in [0.05, 0.1) is 17.7 Å². The number of rotatable bonds is 4. The molecule has 1 spiro atoms. The van der Waals surface area contributed by atoms with E-state index in [1.807, 2.05) is 11.3 Å². The number of aromatic nitrogens is 1. The van der Waals surface area contributed by atoms with Crippen molar-refractivity contribution in [3.05, 3.63) is 82.4 Å². The van der Waals surface area contributed by atoms with Crippen molar-refractivity contribution < 1.29 is 4.79 Å². The number of carbonyl (C=O) groups excluding carboxylic acids is 1. The van der Waals surface area contributed by atoms with E-state index in [1.165, 1.54) is 39.7 Å². The van der Waals surface area contributed by atoms with Crippen LogP contribution < -0.4 is 10.2 Å². The van der Waals surface area contributed by atoms with Crippen LogP contribution in [-0.4, -0.2) is 48.5 Å². The summed E-state index contributed by atoms with van der Waals surface area (Å²) in [6, 6.07) is 21.7. The van der Waals surface area contributed by atoms with E-state index < -0.39 is 0 Å². The number of thiazole rings is 1. The normalized spacial score (nSPS) is 29.1. The molecule has 198 valence electrons. The van der Waals surface area contributed by atoms with Gasteiger partial charge in [0.2, 0.25) is 5.91 Å². The van der Waals surface area contributed by atoms with Crippen LogP contribution in [-0.2, 0) is 16.6 Å². The number of piperidine rings is 1. The maximum absolute atomic E-state index is 14.6. The first-order valence-corrected chi connectivity index (χ1v) is 15.4. The predicted octanol–water partition coefficient (Wildman–Crippen LogP) is 5.68. The Bertz CT molecular complexity index is 1270. The van der Waals surface area contributed by atoms with Crippen molar-refractivity contribution in [2.45, 2.75) is 62.3 Å². The van der Waals surface area contributed by atoms with Gasteiger partial charge in [-0.2, -0.15) is 0 Å². The Balaban J connectivity index is 1.21. The standard InChI is InChI=1S/C32H38N4OS/c37-30(36-19-15-25(23-10-3-1-4-11-23)20-28(36)24-12-5-2-6-13-24)26-21-33-22-32(26)16-9-14-27-29(32)38-31(34-27)35-17-7-8-18-35/h1-6,10-13,25-26,28,33H,7-9,14-22H2. The zero-order valence-corrected chi connectivity index (χ0v) is 23.0. The third-order valence-corrected chi connectivity index (χ3v) is 11.0. The Hall–Kier alpha value is -2.70. The number of amides is 1. The van der Waals surface area contributed by atoms with Crippen LogP contribution in [0.25, 0.3) is 0 Å². The van der Waals surface area contributed by atoms with E-state index >= 15 is 0 Å². The lowest BCUT2D eigenvalue weighted by Crippen LogP contribution is -2.50. The summed E-state index contributed by atoms with van der Waals surface area (Å²) in [5.74, 6) is 0.805. The molecule has 3 aliphatic heterocycles. The van der Waals surface area contributed by atoms with Gasteiger partial charge >= 0.3 is 0 Å². The summed E-state index contributed by atoms with van der Waals surface area (Å²) in [5, 5.41) is 4.87. The van der Waals surface area contributed by atoms with Gasteiger partial charge in [0.15, 0.2) is 5.13 Å². The molecular weight excluding hydrogens is 488 g/mol. The summed E-state index contributed by atoms with van der Waals surface area (Å²) in [6.45, 7) is 4.73. The molecule has 4 unspecified atom stereocenters. The predicted molar refractivity (Wildman–Crippen MR) is 154 cm³/mol. The Morgan fingerprint density at radius 3 is 2.45 bits per heavy atom. The van der Waals surface area contributed by atoms with Crippen molar-refractivity contribution in [1.29, 1.82) is 0 Å². The molecule has 4 atom stereocenters. The number of carbonyl (C=O) groups is 1. The van der Waals surface area contributed by atoms with Crippen LogP contribution in [0.4, 0.5) is 5.13 Å². The fourth-order valence-corrected chi connectivity index (χ4v) is 9.09. The van der Waals surface area contributed by atoms with Gasteiger partial charge in [-0.25, -0.2) is 4.98 Å². The molecule has 3 aromatic rings. The Labute approximate surface area is 230 Å². The zero-order valence-electron chi connectivity index (χ0n) is 22.1. The Morgan fingerprint density at radius 1 is 0.947 bits per heavy atom. The zero-order chi connectivity index (χ0) is 25.5. The van der Waals surface area contributed by atoms with Crippen molar-refractivity contribution in [1.82, 2.24) is 15.2 Å². The fraction of sp³-hybridized carbons (Fsp3) is 0.500. The Kier molecular flexibility index (Phi) is 6.49. The fourth-order valence-electron chi connectivity index (χ4n) is 7.66. The topological polar surface area (TPSA) is 48.5 Å². The number of fused-ring (bicyclic) bond motifs is 2. The lowest BCUT2D eigenvalue weighted by atomic mass is 9.68. The molecule has 0 radical (unpaired) electrons. The molecule has 3 fully saturated rings. The molecule has 5 nitrogen and oxygen atoms in total. The molecule has 1 amide bonds. The van der Waals surface area contributed by atoms with Crippen molar-refractivity contribution in [3.8, 4) is 0 Å².